The summed E-state index contributed by atoms with van der Waals surface area (Å²) in [5.41, 5.74) is 4.86. The summed E-state index contributed by atoms with van der Waals surface area (Å²) in [4.78, 5) is 12.1. The number of carbonyl (C=O) groups is 1. The molecule has 6 heteroatoms. The summed E-state index contributed by atoms with van der Waals surface area (Å²) in [6, 6.07) is 26.0. The summed E-state index contributed by atoms with van der Waals surface area (Å²) in [5.74, 6) is 1.13. The molecule has 1 aromatic heterocycles. The quantitative estimate of drug-likeness (QED) is 0.297. The van der Waals surface area contributed by atoms with Crippen LogP contribution < -0.4 is 0 Å². The molecule has 0 atom stereocenters. The number of para-hydroxylation sites is 1. The first-order valence-corrected chi connectivity index (χ1v) is 11.0. The molecule has 4 rings (SSSR count). The molecule has 0 spiro atoms. The van der Waals surface area contributed by atoms with Crippen molar-refractivity contribution in [3.05, 3.63) is 107 Å². The van der Waals surface area contributed by atoms with E-state index < -0.39 is 0 Å². The number of aryl methyl sites for hydroxylation is 1. The average molecular weight is 430 g/mol. The highest BCUT2D eigenvalue weighted by molar-refractivity contribution is 7.98. The van der Waals surface area contributed by atoms with E-state index in [1.165, 1.54) is 12.7 Å². The summed E-state index contributed by atoms with van der Waals surface area (Å²) in [7, 11) is 1.40. The predicted molar refractivity (Wildman–Crippen MR) is 123 cm³/mol. The Labute approximate surface area is 186 Å². The van der Waals surface area contributed by atoms with Gasteiger partial charge in [0.05, 0.1) is 18.4 Å². The maximum Gasteiger partial charge on any atom is 0.338 e. The highest BCUT2D eigenvalue weighted by atomic mass is 32.2. The van der Waals surface area contributed by atoms with Crippen LogP contribution in [0.4, 0.5) is 0 Å². The fourth-order valence-electron chi connectivity index (χ4n) is 3.44. The topological polar surface area (TPSA) is 57.0 Å². The lowest BCUT2D eigenvalue weighted by Gasteiger charge is -2.13. The van der Waals surface area contributed by atoms with Crippen LogP contribution in [0.5, 0.6) is 0 Å². The molecule has 1 heterocycles. The molecule has 0 aliphatic heterocycles. The second-order valence-electron chi connectivity index (χ2n) is 7.12. The van der Waals surface area contributed by atoms with Crippen molar-refractivity contribution in [2.45, 2.75) is 24.3 Å². The van der Waals surface area contributed by atoms with Gasteiger partial charge in [-0.3, -0.25) is 4.57 Å². The zero-order valence-electron chi connectivity index (χ0n) is 17.5. The van der Waals surface area contributed by atoms with Crippen LogP contribution in [-0.4, -0.2) is 27.8 Å². The molecule has 0 aliphatic rings. The number of esters is 1. The predicted octanol–water partition coefficient (Wildman–Crippen LogP) is 5.25. The van der Waals surface area contributed by atoms with E-state index in [9.17, 15) is 4.79 Å². The van der Waals surface area contributed by atoms with Crippen molar-refractivity contribution in [2.24, 2.45) is 0 Å². The Hall–Kier alpha value is -3.38. The summed E-state index contributed by atoms with van der Waals surface area (Å²) < 4.78 is 7.05. The van der Waals surface area contributed by atoms with Crippen LogP contribution in [0.15, 0.2) is 84.0 Å². The summed E-state index contributed by atoms with van der Waals surface area (Å²) in [6.07, 6.45) is 0.682. The van der Waals surface area contributed by atoms with E-state index >= 15 is 0 Å². The molecule has 0 radical (unpaired) electrons. The molecule has 31 heavy (non-hydrogen) atoms. The second kappa shape index (κ2) is 9.62. The highest BCUT2D eigenvalue weighted by Crippen LogP contribution is 2.28. The van der Waals surface area contributed by atoms with Crippen LogP contribution >= 0.6 is 11.8 Å². The van der Waals surface area contributed by atoms with Gasteiger partial charge >= 0.3 is 5.97 Å². The van der Waals surface area contributed by atoms with E-state index in [2.05, 4.69) is 46.0 Å². The van der Waals surface area contributed by atoms with Crippen LogP contribution in [0, 0.1) is 6.92 Å². The number of methoxy groups -OCH3 is 1. The number of ether oxygens (including phenoxy) is 1. The van der Waals surface area contributed by atoms with Gasteiger partial charge in [-0.1, -0.05) is 78.5 Å². The second-order valence-corrected chi connectivity index (χ2v) is 8.06. The van der Waals surface area contributed by atoms with Crippen molar-refractivity contribution in [3.63, 3.8) is 0 Å². The van der Waals surface area contributed by atoms with Gasteiger partial charge in [-0.15, -0.1) is 10.2 Å². The minimum Gasteiger partial charge on any atom is -0.465 e. The lowest BCUT2D eigenvalue weighted by molar-refractivity contribution is 0.0600. The van der Waals surface area contributed by atoms with Gasteiger partial charge in [-0.05, 0) is 35.7 Å². The molecule has 0 aliphatic carbocycles. The fraction of sp³-hybridized carbons (Fsp3) is 0.160. The van der Waals surface area contributed by atoms with Gasteiger partial charge in [-0.2, -0.15) is 0 Å². The maximum atomic E-state index is 12.1. The number of hydrogen-bond donors (Lipinski definition) is 0. The van der Waals surface area contributed by atoms with Gasteiger partial charge in [0.15, 0.2) is 5.16 Å². The Kier molecular flexibility index (Phi) is 6.48. The zero-order chi connectivity index (χ0) is 21.6. The number of thioether (sulfide) groups is 1. The summed E-state index contributed by atoms with van der Waals surface area (Å²) in [6.45, 7) is 2.09. The third-order valence-corrected chi connectivity index (χ3v) is 6.02. The molecule has 0 fully saturated rings. The van der Waals surface area contributed by atoms with Gasteiger partial charge in [-0.25, -0.2) is 4.79 Å². The molecule has 0 amide bonds. The largest absolute Gasteiger partial charge is 0.465 e. The average Bonchev–Trinajstić information content (AvgIpc) is 3.20. The minimum atomic E-state index is -0.332. The van der Waals surface area contributed by atoms with Gasteiger partial charge in [0.1, 0.15) is 5.82 Å². The smallest absolute Gasteiger partial charge is 0.338 e. The van der Waals surface area contributed by atoms with Crippen molar-refractivity contribution in [2.75, 3.05) is 7.11 Å². The number of benzene rings is 3. The maximum absolute atomic E-state index is 12.1. The van der Waals surface area contributed by atoms with Crippen LogP contribution in [0.2, 0.25) is 0 Å². The molecule has 0 saturated heterocycles. The lowest BCUT2D eigenvalue weighted by Crippen LogP contribution is -2.07. The van der Waals surface area contributed by atoms with E-state index in [0.717, 1.165) is 27.8 Å². The third-order valence-electron chi connectivity index (χ3n) is 5.04. The van der Waals surface area contributed by atoms with Crippen LogP contribution in [0.3, 0.4) is 0 Å². The van der Waals surface area contributed by atoms with Gasteiger partial charge in [0.25, 0.3) is 0 Å². The first-order chi connectivity index (χ1) is 15.2. The van der Waals surface area contributed by atoms with Crippen molar-refractivity contribution in [1.29, 1.82) is 0 Å². The van der Waals surface area contributed by atoms with Crippen molar-refractivity contribution >= 4 is 17.7 Å². The monoisotopic (exact) mass is 429 g/mol. The Bertz CT molecular complexity index is 1190. The Morgan fingerprint density at radius 2 is 1.65 bits per heavy atom. The molecule has 0 N–H and O–H groups in total. The number of nitrogens with zero attached hydrogens (tertiary/aromatic N) is 3. The molecular weight excluding hydrogens is 406 g/mol. The first kappa shape index (κ1) is 20.9. The summed E-state index contributed by atoms with van der Waals surface area (Å²) >= 11 is 1.56. The van der Waals surface area contributed by atoms with Crippen molar-refractivity contribution in [3.8, 4) is 5.69 Å². The molecule has 0 bridgehead atoms. The normalized spacial score (nSPS) is 10.8. The number of carbonyl (C=O) groups excluding carboxylic acids is 1. The molecule has 156 valence electrons. The van der Waals surface area contributed by atoms with Crippen molar-refractivity contribution < 1.29 is 9.53 Å². The molecule has 4 aromatic rings. The van der Waals surface area contributed by atoms with Crippen LogP contribution in [0.25, 0.3) is 5.69 Å². The van der Waals surface area contributed by atoms with E-state index in [-0.39, 0.29) is 5.97 Å². The number of aromatic nitrogens is 3. The lowest BCUT2D eigenvalue weighted by atomic mass is 10.1. The molecule has 3 aromatic carbocycles. The van der Waals surface area contributed by atoms with E-state index in [4.69, 9.17) is 4.74 Å². The Morgan fingerprint density at radius 1 is 0.935 bits per heavy atom. The highest BCUT2D eigenvalue weighted by Gasteiger charge is 2.18. The van der Waals surface area contributed by atoms with Crippen molar-refractivity contribution in [1.82, 2.24) is 14.8 Å². The van der Waals surface area contributed by atoms with E-state index in [1.54, 1.807) is 17.8 Å². The zero-order valence-corrected chi connectivity index (χ0v) is 18.3. The summed E-state index contributed by atoms with van der Waals surface area (Å²) in [5, 5.41) is 9.81. The third kappa shape index (κ3) is 4.70. The number of hydrogen-bond acceptors (Lipinski definition) is 5. The molecular formula is C25H23N3O2S. The molecule has 5 nitrogen and oxygen atoms in total. The van der Waals surface area contributed by atoms with E-state index in [1.807, 2.05) is 48.5 Å². The standard InChI is InChI=1S/C25H23N3O2S/c1-18-10-6-9-15-22(18)28-23(16-19-11-4-3-5-12-19)26-27-25(28)31-17-20-13-7-8-14-21(20)24(29)30-2/h3-15H,16-17H2,1-2H3. The van der Waals surface area contributed by atoms with E-state index in [0.29, 0.717) is 17.7 Å². The molecule has 0 unspecified atom stereocenters. The fourth-order valence-corrected chi connectivity index (χ4v) is 4.41. The minimum absolute atomic E-state index is 0.332. The SMILES string of the molecule is COC(=O)c1ccccc1CSc1nnc(Cc2ccccc2)n1-c1ccccc1C. The Morgan fingerprint density at radius 3 is 2.42 bits per heavy atom. The molecule has 0 saturated carbocycles. The van der Waals surface area contributed by atoms with Gasteiger partial charge in [0, 0.05) is 12.2 Å². The Balaban J connectivity index is 1.69. The van der Waals surface area contributed by atoms with Crippen LogP contribution in [0.1, 0.15) is 32.9 Å². The first-order valence-electron chi connectivity index (χ1n) is 10.0. The van der Waals surface area contributed by atoms with Gasteiger partial charge in [0.2, 0.25) is 0 Å². The van der Waals surface area contributed by atoms with Gasteiger partial charge < -0.3 is 4.74 Å². The number of rotatable bonds is 7. The van der Waals surface area contributed by atoms with Crippen LogP contribution in [-0.2, 0) is 16.9 Å².